The molecule has 0 heterocycles. The standard InChI is InChI=1S/C14H28O2.C4H12N2O3/c1-2-3-4-5-6-7-8-9-10-11-12-13-14(15)16;1-3(5)6(9)2-4(7)8/h2-13H2,1H3,(H,15,16);3-4,6-8H,2,5H2,1H3. The zero-order valence-electron chi connectivity index (χ0n) is 16.1. The van der Waals surface area contributed by atoms with Crippen LogP contribution < -0.4 is 10.8 Å². The van der Waals surface area contributed by atoms with Crippen LogP contribution in [0, 0.1) is 5.21 Å². The van der Waals surface area contributed by atoms with Gasteiger partial charge in [0.05, 0.1) is 0 Å². The van der Waals surface area contributed by atoms with E-state index < -0.39 is 18.4 Å². The first-order chi connectivity index (χ1) is 11.8. The van der Waals surface area contributed by atoms with Gasteiger partial charge in [0.25, 0.3) is 0 Å². The van der Waals surface area contributed by atoms with Crippen LogP contribution in [-0.4, -0.2) is 40.3 Å². The predicted molar refractivity (Wildman–Crippen MR) is 99.8 cm³/mol. The van der Waals surface area contributed by atoms with Gasteiger partial charge in [-0.1, -0.05) is 71.1 Å². The number of quaternary nitrogens is 1. The lowest BCUT2D eigenvalue weighted by atomic mass is 10.1. The van der Waals surface area contributed by atoms with E-state index in [9.17, 15) is 10.0 Å². The zero-order chi connectivity index (χ0) is 19.5. The second-order valence-corrected chi connectivity index (χ2v) is 6.62. The first-order valence-electron chi connectivity index (χ1n) is 9.67. The van der Waals surface area contributed by atoms with Gasteiger partial charge in [-0.3, -0.25) is 10.5 Å². The molecule has 152 valence electrons. The number of hydrogen-bond donors (Lipinski definition) is 5. The van der Waals surface area contributed by atoms with Gasteiger partial charge in [0.2, 0.25) is 6.29 Å². The van der Waals surface area contributed by atoms with Crippen LogP contribution >= 0.6 is 0 Å². The number of nitrogens with two attached hydrogens (primary N) is 1. The summed E-state index contributed by atoms with van der Waals surface area (Å²) in [6.45, 7) is 3.47. The Balaban J connectivity index is 0. The van der Waals surface area contributed by atoms with Gasteiger partial charge in [-0.15, -0.1) is 0 Å². The van der Waals surface area contributed by atoms with Crippen molar-refractivity contribution in [3.63, 3.8) is 0 Å². The van der Waals surface area contributed by atoms with Crippen molar-refractivity contribution in [2.45, 2.75) is 103 Å². The maximum atomic E-state index is 10.5. The third-order valence-corrected chi connectivity index (χ3v) is 3.89. The largest absolute Gasteiger partial charge is 0.633 e. The molecule has 0 spiro atoms. The Morgan fingerprint density at radius 1 is 0.960 bits per heavy atom. The zero-order valence-corrected chi connectivity index (χ0v) is 16.1. The number of hydrogen-bond acceptors (Lipinski definition) is 5. The summed E-state index contributed by atoms with van der Waals surface area (Å²) in [6.07, 6.45) is 12.2. The summed E-state index contributed by atoms with van der Waals surface area (Å²) in [5.41, 5.74) is 5.11. The fourth-order valence-corrected chi connectivity index (χ4v) is 2.31. The number of unbranched alkanes of at least 4 members (excludes halogenated alkanes) is 10. The van der Waals surface area contributed by atoms with Gasteiger partial charge < -0.3 is 25.6 Å². The van der Waals surface area contributed by atoms with Crippen LogP contribution in [0.3, 0.4) is 0 Å². The van der Waals surface area contributed by atoms with Gasteiger partial charge >= 0.3 is 5.97 Å². The molecule has 0 aromatic carbocycles. The number of nitrogens with one attached hydrogen (secondary N) is 1. The molecule has 0 aromatic heterocycles. The van der Waals surface area contributed by atoms with Crippen molar-refractivity contribution >= 4 is 5.97 Å². The second kappa shape index (κ2) is 19.6. The summed E-state index contributed by atoms with van der Waals surface area (Å²) in [4.78, 5) is 10.3. The molecule has 0 saturated heterocycles. The summed E-state index contributed by atoms with van der Waals surface area (Å²) in [7, 11) is 0. The lowest BCUT2D eigenvalue weighted by molar-refractivity contribution is -0.879. The highest BCUT2D eigenvalue weighted by molar-refractivity contribution is 5.66. The van der Waals surface area contributed by atoms with E-state index in [1.807, 2.05) is 0 Å². The molecule has 7 heteroatoms. The minimum absolute atomic E-state index is 0.280. The van der Waals surface area contributed by atoms with Crippen LogP contribution in [0.25, 0.3) is 0 Å². The monoisotopic (exact) mass is 364 g/mol. The molecule has 0 aromatic rings. The minimum Gasteiger partial charge on any atom is -0.633 e. The van der Waals surface area contributed by atoms with E-state index in [0.29, 0.717) is 6.42 Å². The van der Waals surface area contributed by atoms with Crippen molar-refractivity contribution in [1.29, 1.82) is 0 Å². The Hall–Kier alpha value is -0.730. The molecule has 0 aliphatic carbocycles. The molecule has 2 atom stereocenters. The normalized spacial score (nSPS) is 13.2. The molecule has 2 unspecified atom stereocenters. The van der Waals surface area contributed by atoms with E-state index in [4.69, 9.17) is 21.1 Å². The number of hydroxylamine groups is 2. The summed E-state index contributed by atoms with van der Waals surface area (Å²) in [6, 6.07) is 0. The van der Waals surface area contributed by atoms with Gasteiger partial charge in [-0.25, -0.2) is 0 Å². The van der Waals surface area contributed by atoms with E-state index >= 15 is 0 Å². The number of carboxylic acid groups (broad SMARTS) is 1. The van der Waals surface area contributed by atoms with E-state index in [1.165, 1.54) is 64.7 Å². The van der Waals surface area contributed by atoms with Crippen LogP contribution in [0.5, 0.6) is 0 Å². The minimum atomic E-state index is -1.57. The first-order valence-corrected chi connectivity index (χ1v) is 9.67. The lowest BCUT2D eigenvalue weighted by Gasteiger charge is -2.26. The molecule has 0 saturated carbocycles. The Morgan fingerprint density at radius 3 is 1.64 bits per heavy atom. The summed E-state index contributed by atoms with van der Waals surface area (Å²) in [5, 5.41) is 35.1. The summed E-state index contributed by atoms with van der Waals surface area (Å²) >= 11 is 0. The molecule has 7 nitrogen and oxygen atoms in total. The molecule has 0 fully saturated rings. The quantitative estimate of drug-likeness (QED) is 0.171. The second-order valence-electron chi connectivity index (χ2n) is 6.62. The molecule has 0 radical (unpaired) electrons. The van der Waals surface area contributed by atoms with Crippen molar-refractivity contribution in [2.24, 2.45) is 5.73 Å². The topological polar surface area (TPSA) is 131 Å². The highest BCUT2D eigenvalue weighted by atomic mass is 16.5. The van der Waals surface area contributed by atoms with Gasteiger partial charge in [0, 0.05) is 13.3 Å². The van der Waals surface area contributed by atoms with Gasteiger partial charge in [-0.2, -0.15) is 0 Å². The smallest absolute Gasteiger partial charge is 0.303 e. The van der Waals surface area contributed by atoms with E-state index in [0.717, 1.165) is 12.8 Å². The third-order valence-electron chi connectivity index (χ3n) is 3.89. The SMILES string of the molecule is CC(N)[NH+]([O-])CC(O)O.CCCCCCCCCCCCCC(=O)O. The maximum Gasteiger partial charge on any atom is 0.303 e. The fraction of sp³-hybridized carbons (Fsp3) is 0.944. The Morgan fingerprint density at radius 2 is 1.36 bits per heavy atom. The molecule has 6 N–H and O–H groups in total. The number of carboxylic acids is 1. The predicted octanol–water partition coefficient (Wildman–Crippen LogP) is 1.76. The van der Waals surface area contributed by atoms with Gasteiger partial charge in [0.1, 0.15) is 12.7 Å². The van der Waals surface area contributed by atoms with Crippen molar-refractivity contribution in [1.82, 2.24) is 0 Å². The number of carbonyl (C=O) groups is 1. The van der Waals surface area contributed by atoms with Crippen LogP contribution in [0.15, 0.2) is 0 Å². The van der Waals surface area contributed by atoms with Gasteiger partial charge in [-0.05, 0) is 6.42 Å². The number of aliphatic carboxylic acids is 1. The highest BCUT2D eigenvalue weighted by Crippen LogP contribution is 2.11. The molecule has 0 rings (SSSR count). The van der Waals surface area contributed by atoms with E-state index in [2.05, 4.69) is 6.92 Å². The van der Waals surface area contributed by atoms with Gasteiger partial charge in [0.15, 0.2) is 0 Å². The summed E-state index contributed by atoms with van der Waals surface area (Å²) < 4.78 is 0. The van der Waals surface area contributed by atoms with Crippen LogP contribution in [0.1, 0.15) is 90.9 Å². The lowest BCUT2D eigenvalue weighted by Crippen LogP contribution is -3.13. The number of rotatable bonds is 15. The van der Waals surface area contributed by atoms with E-state index in [-0.39, 0.29) is 11.6 Å². The maximum absolute atomic E-state index is 10.5. The first kappa shape index (κ1) is 26.5. The molecule has 0 aliphatic heterocycles. The number of aliphatic hydroxyl groups excluding tert-OH is 1. The molecule has 25 heavy (non-hydrogen) atoms. The van der Waals surface area contributed by atoms with Crippen molar-refractivity contribution in [2.75, 3.05) is 6.54 Å². The van der Waals surface area contributed by atoms with Crippen molar-refractivity contribution < 1.29 is 25.2 Å². The van der Waals surface area contributed by atoms with Crippen LogP contribution in [0.2, 0.25) is 0 Å². The molecule has 0 bridgehead atoms. The van der Waals surface area contributed by atoms with Crippen LogP contribution in [0.4, 0.5) is 0 Å². The Labute approximate surface area is 152 Å². The number of aliphatic hydroxyl groups is 2. The molecular weight excluding hydrogens is 324 g/mol. The molecule has 0 amide bonds. The Bertz CT molecular complexity index is 289. The van der Waals surface area contributed by atoms with E-state index in [1.54, 1.807) is 0 Å². The third kappa shape index (κ3) is 25.6. The molecular formula is C18H40N2O5. The fourth-order valence-electron chi connectivity index (χ4n) is 2.31. The average Bonchev–Trinajstić information content (AvgIpc) is 2.52. The highest BCUT2D eigenvalue weighted by Gasteiger charge is 2.06. The molecule has 0 aliphatic rings. The van der Waals surface area contributed by atoms with Crippen molar-refractivity contribution in [3.05, 3.63) is 5.21 Å². The Kier molecular flexibility index (Phi) is 20.8. The van der Waals surface area contributed by atoms with Crippen molar-refractivity contribution in [3.8, 4) is 0 Å². The average molecular weight is 365 g/mol. The van der Waals surface area contributed by atoms with Crippen LogP contribution in [-0.2, 0) is 4.79 Å². The summed E-state index contributed by atoms with van der Waals surface area (Å²) in [5.74, 6) is -0.657.